The lowest BCUT2D eigenvalue weighted by Gasteiger charge is -2.06. The smallest absolute Gasteiger partial charge is 0.174 e. The maximum atomic E-state index is 9.90. The molecule has 0 aliphatic rings. The molecule has 0 fully saturated rings. The van der Waals surface area contributed by atoms with E-state index in [2.05, 4.69) is 16.3 Å². The van der Waals surface area contributed by atoms with E-state index in [9.17, 15) is 10.4 Å². The van der Waals surface area contributed by atoms with Crippen molar-refractivity contribution in [1.29, 1.82) is 5.26 Å². The summed E-state index contributed by atoms with van der Waals surface area (Å²) in [5.41, 5.74) is 3.74. The summed E-state index contributed by atoms with van der Waals surface area (Å²) in [6.45, 7) is 3.67. The number of benzene rings is 2. The quantitative estimate of drug-likeness (QED) is 0.740. The Labute approximate surface area is 146 Å². The average molecular weight is 330 g/mol. The van der Waals surface area contributed by atoms with Gasteiger partial charge in [-0.1, -0.05) is 30.3 Å². The van der Waals surface area contributed by atoms with Crippen molar-refractivity contribution in [3.8, 4) is 23.2 Å². The summed E-state index contributed by atoms with van der Waals surface area (Å²) in [5, 5.41) is 27.9. The molecule has 0 saturated heterocycles. The molecular formula is C20H18N4O. The highest BCUT2D eigenvalue weighted by atomic mass is 16.3. The van der Waals surface area contributed by atoms with E-state index in [4.69, 9.17) is 0 Å². The molecule has 5 nitrogen and oxygen atoms in total. The van der Waals surface area contributed by atoms with Gasteiger partial charge in [-0.2, -0.15) is 5.26 Å². The van der Waals surface area contributed by atoms with Crippen molar-refractivity contribution in [3.05, 3.63) is 65.0 Å². The molecule has 0 radical (unpaired) electrons. The summed E-state index contributed by atoms with van der Waals surface area (Å²) in [4.78, 5) is 0. The van der Waals surface area contributed by atoms with E-state index < -0.39 is 0 Å². The number of hydrogen-bond donors (Lipinski definition) is 1. The molecule has 0 aliphatic heterocycles. The first-order valence-electron chi connectivity index (χ1n) is 7.88. The summed E-state index contributed by atoms with van der Waals surface area (Å²) in [6, 6.07) is 15.6. The second-order valence-corrected chi connectivity index (χ2v) is 5.95. The Bertz CT molecular complexity index is 971. The number of phenolic OH excluding ortho intramolecular Hbond substituents is 1. The van der Waals surface area contributed by atoms with Crippen LogP contribution in [0.1, 0.15) is 22.5 Å². The Hall–Kier alpha value is -3.39. The molecule has 1 N–H and O–H groups in total. The zero-order valence-corrected chi connectivity index (χ0v) is 14.4. The molecule has 2 aromatic carbocycles. The van der Waals surface area contributed by atoms with Crippen molar-refractivity contribution in [2.75, 3.05) is 0 Å². The van der Waals surface area contributed by atoms with Gasteiger partial charge >= 0.3 is 0 Å². The number of nitrogens with zero attached hydrogens (tertiary/aromatic N) is 4. The Balaban J connectivity index is 2.06. The molecule has 1 heterocycles. The topological polar surface area (TPSA) is 74.7 Å². The highest BCUT2D eigenvalue weighted by molar-refractivity contribution is 5.88. The molecule has 0 aliphatic carbocycles. The number of aryl methyl sites for hydroxylation is 2. The number of nitriles is 1. The van der Waals surface area contributed by atoms with Crippen molar-refractivity contribution < 1.29 is 5.11 Å². The van der Waals surface area contributed by atoms with Gasteiger partial charge in [0.05, 0.1) is 5.57 Å². The molecular weight excluding hydrogens is 312 g/mol. The van der Waals surface area contributed by atoms with E-state index in [1.807, 2.05) is 67.9 Å². The minimum absolute atomic E-state index is 0.278. The molecule has 1 aromatic heterocycles. The van der Waals surface area contributed by atoms with Crippen LogP contribution >= 0.6 is 0 Å². The summed E-state index contributed by atoms with van der Waals surface area (Å²) in [7, 11) is 1.84. The van der Waals surface area contributed by atoms with Crippen molar-refractivity contribution in [1.82, 2.24) is 14.8 Å². The third kappa shape index (κ3) is 3.15. The van der Waals surface area contributed by atoms with Crippen LogP contribution in [0.15, 0.2) is 42.5 Å². The van der Waals surface area contributed by atoms with Gasteiger partial charge in [-0.05, 0) is 48.7 Å². The average Bonchev–Trinajstić information content (AvgIpc) is 2.99. The summed E-state index contributed by atoms with van der Waals surface area (Å²) >= 11 is 0. The first kappa shape index (κ1) is 16.5. The number of aromatic hydroxyl groups is 1. The highest BCUT2D eigenvalue weighted by Gasteiger charge is 2.14. The van der Waals surface area contributed by atoms with Gasteiger partial charge in [-0.25, -0.2) is 0 Å². The fourth-order valence-corrected chi connectivity index (χ4v) is 2.79. The third-order valence-corrected chi connectivity index (χ3v) is 4.09. The fraction of sp³-hybridized carbons (Fsp3) is 0.150. The zero-order chi connectivity index (χ0) is 18.0. The normalized spacial score (nSPS) is 11.4. The molecule has 25 heavy (non-hydrogen) atoms. The van der Waals surface area contributed by atoms with Crippen molar-refractivity contribution in [2.45, 2.75) is 13.8 Å². The number of hydrogen-bond acceptors (Lipinski definition) is 4. The van der Waals surface area contributed by atoms with Gasteiger partial charge in [0.2, 0.25) is 0 Å². The lowest BCUT2D eigenvalue weighted by atomic mass is 10.0. The van der Waals surface area contributed by atoms with E-state index >= 15 is 0 Å². The Morgan fingerprint density at radius 3 is 2.36 bits per heavy atom. The van der Waals surface area contributed by atoms with Crippen LogP contribution in [0.3, 0.4) is 0 Å². The lowest BCUT2D eigenvalue weighted by molar-refractivity contribution is 0.467. The number of aromatic nitrogens is 3. The standard InChI is InChI=1S/C20H18N4O/c1-13-9-15(10-14(2)18(13)25)11-17(12-21)20-23-22-19(24(20)3)16-7-5-4-6-8-16/h4-11,25H,1-3H3/b17-11+. The van der Waals surface area contributed by atoms with E-state index in [1.165, 1.54) is 0 Å². The SMILES string of the molecule is Cc1cc(/C=C(\C#N)c2nnc(-c3ccccc3)n2C)cc(C)c1O. The van der Waals surface area contributed by atoms with E-state index in [0.29, 0.717) is 17.2 Å². The molecule has 0 spiro atoms. The van der Waals surface area contributed by atoms with Gasteiger partial charge in [0.15, 0.2) is 11.6 Å². The first-order valence-corrected chi connectivity index (χ1v) is 7.88. The summed E-state index contributed by atoms with van der Waals surface area (Å²) in [6.07, 6.45) is 1.76. The Kier molecular flexibility index (Phi) is 4.36. The van der Waals surface area contributed by atoms with Crippen molar-refractivity contribution in [2.24, 2.45) is 7.05 Å². The largest absolute Gasteiger partial charge is 0.507 e. The second kappa shape index (κ2) is 6.62. The molecule has 0 saturated carbocycles. The maximum absolute atomic E-state index is 9.90. The second-order valence-electron chi connectivity index (χ2n) is 5.95. The van der Waals surface area contributed by atoms with E-state index in [-0.39, 0.29) is 5.75 Å². The van der Waals surface area contributed by atoms with Gasteiger partial charge in [0.1, 0.15) is 11.8 Å². The van der Waals surface area contributed by atoms with Crippen LogP contribution in [-0.2, 0) is 7.05 Å². The third-order valence-electron chi connectivity index (χ3n) is 4.09. The van der Waals surface area contributed by atoms with Crippen LogP contribution in [0, 0.1) is 25.2 Å². The van der Waals surface area contributed by atoms with Crippen LogP contribution in [-0.4, -0.2) is 19.9 Å². The number of allylic oxidation sites excluding steroid dienone is 1. The number of phenols is 1. The number of rotatable bonds is 3. The summed E-state index contributed by atoms with van der Waals surface area (Å²) in [5.74, 6) is 1.49. The van der Waals surface area contributed by atoms with Crippen LogP contribution in [0.2, 0.25) is 0 Å². The first-order chi connectivity index (χ1) is 12.0. The van der Waals surface area contributed by atoms with Crippen LogP contribution in [0.25, 0.3) is 23.0 Å². The highest BCUT2D eigenvalue weighted by Crippen LogP contribution is 2.26. The van der Waals surface area contributed by atoms with Crippen molar-refractivity contribution in [3.63, 3.8) is 0 Å². The lowest BCUT2D eigenvalue weighted by Crippen LogP contribution is -1.98. The van der Waals surface area contributed by atoms with Gasteiger partial charge in [-0.15, -0.1) is 10.2 Å². The van der Waals surface area contributed by atoms with Crippen LogP contribution in [0.5, 0.6) is 5.75 Å². The van der Waals surface area contributed by atoms with Gasteiger partial charge < -0.3 is 9.67 Å². The molecule has 0 atom stereocenters. The molecule has 3 aromatic rings. The zero-order valence-electron chi connectivity index (χ0n) is 14.4. The van der Waals surface area contributed by atoms with Gasteiger partial charge in [0.25, 0.3) is 0 Å². The van der Waals surface area contributed by atoms with Crippen LogP contribution in [0.4, 0.5) is 0 Å². The Morgan fingerprint density at radius 1 is 1.12 bits per heavy atom. The summed E-state index contributed by atoms with van der Waals surface area (Å²) < 4.78 is 1.81. The minimum atomic E-state index is 0.278. The molecule has 124 valence electrons. The molecule has 3 rings (SSSR count). The van der Waals surface area contributed by atoms with Gasteiger partial charge in [0, 0.05) is 12.6 Å². The van der Waals surface area contributed by atoms with E-state index in [0.717, 1.165) is 22.3 Å². The maximum Gasteiger partial charge on any atom is 0.174 e. The predicted octanol–water partition coefficient (Wildman–Crippen LogP) is 3.87. The van der Waals surface area contributed by atoms with E-state index in [1.54, 1.807) is 6.08 Å². The monoisotopic (exact) mass is 330 g/mol. The minimum Gasteiger partial charge on any atom is -0.507 e. The molecule has 0 bridgehead atoms. The Morgan fingerprint density at radius 2 is 1.76 bits per heavy atom. The van der Waals surface area contributed by atoms with Crippen molar-refractivity contribution >= 4 is 11.6 Å². The molecule has 0 amide bonds. The van der Waals surface area contributed by atoms with Crippen LogP contribution < -0.4 is 0 Å². The fourth-order valence-electron chi connectivity index (χ4n) is 2.79. The molecule has 0 unspecified atom stereocenters. The predicted molar refractivity (Wildman–Crippen MR) is 97.5 cm³/mol. The molecule has 5 heteroatoms. The van der Waals surface area contributed by atoms with Gasteiger partial charge in [-0.3, -0.25) is 0 Å².